The van der Waals surface area contributed by atoms with Crippen LogP contribution in [0.4, 0.5) is 23.0 Å². The van der Waals surface area contributed by atoms with Crippen LogP contribution in [0.2, 0.25) is 0 Å². The first kappa shape index (κ1) is 12.2. The predicted molar refractivity (Wildman–Crippen MR) is 75.6 cm³/mol. The smallest absolute Gasteiger partial charge is 0.138 e. The van der Waals surface area contributed by atoms with Gasteiger partial charge in [-0.05, 0) is 24.3 Å². The topological polar surface area (TPSA) is 53.1 Å². The van der Waals surface area contributed by atoms with Crippen molar-refractivity contribution in [3.63, 3.8) is 0 Å². The van der Waals surface area contributed by atoms with E-state index in [0.717, 1.165) is 23.0 Å². The first-order valence-corrected chi connectivity index (χ1v) is 5.76. The Bertz CT molecular complexity index is 509. The van der Waals surface area contributed by atoms with Crippen LogP contribution in [0.15, 0.2) is 36.7 Å². The molecule has 2 N–H and O–H groups in total. The van der Waals surface area contributed by atoms with Crippen LogP contribution in [-0.2, 0) is 0 Å². The normalized spacial score (nSPS) is 9.94. The van der Waals surface area contributed by atoms with Gasteiger partial charge in [0.2, 0.25) is 0 Å². The molecule has 1 aromatic heterocycles. The molecule has 0 unspecified atom stereocenters. The second-order valence-corrected chi connectivity index (χ2v) is 3.87. The van der Waals surface area contributed by atoms with Gasteiger partial charge in [0.05, 0.1) is 0 Å². The first-order valence-electron chi connectivity index (χ1n) is 5.76. The van der Waals surface area contributed by atoms with Gasteiger partial charge in [0, 0.05) is 38.6 Å². The monoisotopic (exact) mass is 243 g/mol. The molecule has 2 aromatic rings. The van der Waals surface area contributed by atoms with E-state index >= 15 is 0 Å². The van der Waals surface area contributed by atoms with Gasteiger partial charge < -0.3 is 15.5 Å². The Labute approximate surface area is 107 Å². The number of hydrogen-bond donors (Lipinski definition) is 2. The zero-order chi connectivity index (χ0) is 13.0. The summed E-state index contributed by atoms with van der Waals surface area (Å²) < 4.78 is 0. The van der Waals surface area contributed by atoms with Crippen LogP contribution in [0, 0.1) is 0 Å². The summed E-state index contributed by atoms with van der Waals surface area (Å²) in [5, 5.41) is 6.10. The number of nitrogens with one attached hydrogen (secondary N) is 2. The summed E-state index contributed by atoms with van der Waals surface area (Å²) in [5.74, 6) is 1.66. The number of hydrogen-bond acceptors (Lipinski definition) is 5. The van der Waals surface area contributed by atoms with Crippen molar-refractivity contribution in [1.82, 2.24) is 9.97 Å². The Kier molecular flexibility index (Phi) is 3.62. The van der Waals surface area contributed by atoms with Crippen molar-refractivity contribution in [2.24, 2.45) is 0 Å². The number of aromatic nitrogens is 2. The minimum atomic E-state index is 0.804. The van der Waals surface area contributed by atoms with E-state index in [1.54, 1.807) is 6.33 Å². The molecule has 0 saturated carbocycles. The van der Waals surface area contributed by atoms with Crippen molar-refractivity contribution in [2.45, 2.75) is 0 Å². The average Bonchev–Trinajstić information content (AvgIpc) is 2.46. The second-order valence-electron chi connectivity index (χ2n) is 3.87. The summed E-state index contributed by atoms with van der Waals surface area (Å²) in [7, 11) is 5.73. The van der Waals surface area contributed by atoms with Gasteiger partial charge in [-0.2, -0.15) is 0 Å². The lowest BCUT2D eigenvalue weighted by Crippen LogP contribution is -2.11. The predicted octanol–water partition coefficient (Wildman–Crippen LogP) is 2.33. The molecule has 0 radical (unpaired) electrons. The molecule has 94 valence electrons. The fourth-order valence-corrected chi connectivity index (χ4v) is 1.65. The van der Waals surface area contributed by atoms with Crippen molar-refractivity contribution in [2.75, 3.05) is 36.7 Å². The molecule has 1 aromatic carbocycles. The summed E-state index contributed by atoms with van der Waals surface area (Å²) in [6.45, 7) is 0. The molecule has 0 atom stereocenters. The van der Waals surface area contributed by atoms with Crippen LogP contribution in [0.5, 0.6) is 0 Å². The fraction of sp³-hybridized carbons (Fsp3) is 0.231. The Morgan fingerprint density at radius 1 is 1.00 bits per heavy atom. The summed E-state index contributed by atoms with van der Waals surface area (Å²) >= 11 is 0. The highest BCUT2D eigenvalue weighted by molar-refractivity contribution is 5.63. The van der Waals surface area contributed by atoms with Gasteiger partial charge in [-0.15, -0.1) is 0 Å². The zero-order valence-corrected chi connectivity index (χ0v) is 10.8. The first-order chi connectivity index (χ1) is 8.74. The summed E-state index contributed by atoms with van der Waals surface area (Å²) in [6.07, 6.45) is 1.56. The van der Waals surface area contributed by atoms with Gasteiger partial charge in [-0.25, -0.2) is 9.97 Å². The fourth-order valence-electron chi connectivity index (χ4n) is 1.65. The summed E-state index contributed by atoms with van der Waals surface area (Å²) in [5.41, 5.74) is 2.17. The molecule has 0 aliphatic rings. The summed E-state index contributed by atoms with van der Waals surface area (Å²) in [6, 6.07) is 10.1. The maximum atomic E-state index is 4.27. The lowest BCUT2D eigenvalue weighted by Gasteiger charge is -2.18. The van der Waals surface area contributed by atoms with Gasteiger partial charge in [0.15, 0.2) is 0 Å². The van der Waals surface area contributed by atoms with Gasteiger partial charge in [-0.1, -0.05) is 0 Å². The number of anilines is 4. The molecule has 0 amide bonds. The van der Waals surface area contributed by atoms with E-state index in [-0.39, 0.29) is 0 Å². The van der Waals surface area contributed by atoms with E-state index in [1.807, 2.05) is 56.4 Å². The van der Waals surface area contributed by atoms with Crippen LogP contribution in [-0.4, -0.2) is 31.1 Å². The van der Waals surface area contributed by atoms with E-state index in [9.17, 15) is 0 Å². The van der Waals surface area contributed by atoms with Crippen LogP contribution in [0.3, 0.4) is 0 Å². The van der Waals surface area contributed by atoms with E-state index in [4.69, 9.17) is 0 Å². The minimum absolute atomic E-state index is 0.804. The Balaban J connectivity index is 2.25. The number of nitrogens with zero attached hydrogens (tertiary/aromatic N) is 3. The third kappa shape index (κ3) is 2.51. The van der Waals surface area contributed by atoms with E-state index in [2.05, 4.69) is 20.6 Å². The molecule has 0 fully saturated rings. The SMILES string of the molecule is CNc1ccc(N(C)c2cc(NC)ncn2)cc1. The molecule has 0 spiro atoms. The maximum Gasteiger partial charge on any atom is 0.138 e. The molecule has 5 nitrogen and oxygen atoms in total. The minimum Gasteiger partial charge on any atom is -0.388 e. The number of benzene rings is 1. The van der Waals surface area contributed by atoms with Crippen molar-refractivity contribution in [1.29, 1.82) is 0 Å². The third-order valence-electron chi connectivity index (χ3n) is 2.80. The Hall–Kier alpha value is -2.30. The molecule has 5 heteroatoms. The zero-order valence-electron chi connectivity index (χ0n) is 10.8. The number of rotatable bonds is 4. The van der Waals surface area contributed by atoms with Gasteiger partial charge in [-0.3, -0.25) is 0 Å². The highest BCUT2D eigenvalue weighted by Gasteiger charge is 2.06. The van der Waals surface area contributed by atoms with E-state index in [1.165, 1.54) is 0 Å². The van der Waals surface area contributed by atoms with Crippen molar-refractivity contribution < 1.29 is 0 Å². The Morgan fingerprint density at radius 2 is 1.72 bits per heavy atom. The van der Waals surface area contributed by atoms with Crippen LogP contribution in [0.1, 0.15) is 0 Å². The molecule has 0 aliphatic carbocycles. The quantitative estimate of drug-likeness (QED) is 0.863. The second kappa shape index (κ2) is 5.35. The molecular weight excluding hydrogens is 226 g/mol. The molecule has 0 saturated heterocycles. The van der Waals surface area contributed by atoms with Crippen LogP contribution < -0.4 is 15.5 Å². The van der Waals surface area contributed by atoms with Gasteiger partial charge in [0.1, 0.15) is 18.0 Å². The molecule has 18 heavy (non-hydrogen) atoms. The van der Waals surface area contributed by atoms with Gasteiger partial charge in [0.25, 0.3) is 0 Å². The maximum absolute atomic E-state index is 4.27. The molecule has 1 heterocycles. The largest absolute Gasteiger partial charge is 0.388 e. The van der Waals surface area contributed by atoms with Gasteiger partial charge >= 0.3 is 0 Å². The lowest BCUT2D eigenvalue weighted by molar-refractivity contribution is 1.08. The standard InChI is InChI=1S/C13H17N5/c1-14-10-4-6-11(7-5-10)18(3)13-8-12(15-2)16-9-17-13/h4-9,14H,1-3H3,(H,15,16,17). The lowest BCUT2D eigenvalue weighted by atomic mass is 10.2. The molecular formula is C13H17N5. The van der Waals surface area contributed by atoms with Crippen LogP contribution in [0.25, 0.3) is 0 Å². The molecule has 0 bridgehead atoms. The summed E-state index contributed by atoms with van der Waals surface area (Å²) in [4.78, 5) is 10.4. The van der Waals surface area contributed by atoms with Crippen molar-refractivity contribution in [3.05, 3.63) is 36.7 Å². The van der Waals surface area contributed by atoms with Crippen molar-refractivity contribution >= 4 is 23.0 Å². The van der Waals surface area contributed by atoms with Crippen LogP contribution >= 0.6 is 0 Å². The van der Waals surface area contributed by atoms with E-state index in [0.29, 0.717) is 0 Å². The molecule has 0 aliphatic heterocycles. The highest BCUT2D eigenvalue weighted by Crippen LogP contribution is 2.23. The third-order valence-corrected chi connectivity index (χ3v) is 2.80. The Morgan fingerprint density at radius 3 is 2.33 bits per heavy atom. The highest BCUT2D eigenvalue weighted by atomic mass is 15.2. The molecule has 2 rings (SSSR count). The van der Waals surface area contributed by atoms with E-state index < -0.39 is 0 Å². The average molecular weight is 243 g/mol. The van der Waals surface area contributed by atoms with Crippen molar-refractivity contribution in [3.8, 4) is 0 Å².